The highest BCUT2D eigenvalue weighted by Gasteiger charge is 2.30. The molecule has 0 aromatic heterocycles. The molecule has 0 radical (unpaired) electrons. The number of thioether (sulfide) groups is 1. The fraction of sp³-hybridized carbons (Fsp3) is 0.412. The number of benzene rings is 1. The molecular formula is C17H20N2O5S. The number of aliphatic carboxylic acids is 1. The average molecular weight is 364 g/mol. The number of carbonyl (C=O) groups is 4. The summed E-state index contributed by atoms with van der Waals surface area (Å²) in [5, 5.41) is 11.4. The van der Waals surface area contributed by atoms with Crippen LogP contribution in [0.1, 0.15) is 42.1 Å². The minimum Gasteiger partial charge on any atom is -0.480 e. The van der Waals surface area contributed by atoms with Crippen molar-refractivity contribution in [2.24, 2.45) is 0 Å². The second kappa shape index (κ2) is 8.66. The van der Waals surface area contributed by atoms with Gasteiger partial charge in [-0.2, -0.15) is 0 Å². The molecule has 1 unspecified atom stereocenters. The maximum atomic E-state index is 12.3. The van der Waals surface area contributed by atoms with Gasteiger partial charge in [0.2, 0.25) is 5.91 Å². The summed E-state index contributed by atoms with van der Waals surface area (Å²) in [5.74, 6) is -1.67. The molecule has 0 bridgehead atoms. The van der Waals surface area contributed by atoms with Gasteiger partial charge in [-0.05, 0) is 24.1 Å². The second-order valence-corrected chi connectivity index (χ2v) is 6.67. The van der Waals surface area contributed by atoms with Crippen LogP contribution in [-0.4, -0.2) is 44.8 Å². The molecule has 1 aromatic carbocycles. The molecule has 1 fully saturated rings. The maximum Gasteiger partial charge on any atom is 0.326 e. The summed E-state index contributed by atoms with van der Waals surface area (Å²) in [6.45, 7) is 2.05. The van der Waals surface area contributed by atoms with Crippen molar-refractivity contribution < 1.29 is 24.3 Å². The van der Waals surface area contributed by atoms with Crippen LogP contribution >= 0.6 is 11.8 Å². The van der Waals surface area contributed by atoms with E-state index in [0.29, 0.717) is 24.0 Å². The van der Waals surface area contributed by atoms with E-state index < -0.39 is 17.9 Å². The summed E-state index contributed by atoms with van der Waals surface area (Å²) < 4.78 is 0. The second-order valence-electron chi connectivity index (χ2n) is 5.74. The number of carbonyl (C=O) groups excluding carboxylic acids is 3. The molecule has 0 aliphatic carbocycles. The Balaban J connectivity index is 2.06. The Morgan fingerprint density at radius 3 is 2.72 bits per heavy atom. The lowest BCUT2D eigenvalue weighted by Gasteiger charge is -2.16. The third-order valence-electron chi connectivity index (χ3n) is 3.82. The summed E-state index contributed by atoms with van der Waals surface area (Å²) in [4.78, 5) is 48.0. The lowest BCUT2D eigenvalue weighted by Crippen LogP contribution is -2.40. The normalized spacial score (nSPS) is 15.3. The molecule has 7 nitrogen and oxygen atoms in total. The van der Waals surface area contributed by atoms with Crippen LogP contribution in [0.15, 0.2) is 24.3 Å². The number of nitrogens with one attached hydrogen (secondary N) is 1. The highest BCUT2D eigenvalue weighted by molar-refractivity contribution is 8.14. The molecule has 8 heteroatoms. The first-order valence-electron chi connectivity index (χ1n) is 8.02. The zero-order valence-corrected chi connectivity index (χ0v) is 14.7. The molecule has 1 aliphatic heterocycles. The van der Waals surface area contributed by atoms with Crippen LogP contribution < -0.4 is 5.32 Å². The van der Waals surface area contributed by atoms with Crippen LogP contribution in [0.25, 0.3) is 0 Å². The molecule has 2 N–H and O–H groups in total. The number of hydrogen-bond donors (Lipinski definition) is 2. The Kier molecular flexibility index (Phi) is 6.58. The predicted molar refractivity (Wildman–Crippen MR) is 93.3 cm³/mol. The van der Waals surface area contributed by atoms with E-state index >= 15 is 0 Å². The molecule has 2 rings (SSSR count). The number of hydrogen-bond acceptors (Lipinski definition) is 5. The zero-order chi connectivity index (χ0) is 18.4. The van der Waals surface area contributed by atoms with Crippen molar-refractivity contribution in [3.63, 3.8) is 0 Å². The van der Waals surface area contributed by atoms with Gasteiger partial charge in [-0.25, -0.2) is 4.79 Å². The van der Waals surface area contributed by atoms with E-state index in [1.165, 1.54) is 0 Å². The summed E-state index contributed by atoms with van der Waals surface area (Å²) >= 11 is 0.955. The van der Waals surface area contributed by atoms with Crippen molar-refractivity contribution in [3.8, 4) is 0 Å². The quantitative estimate of drug-likeness (QED) is 0.733. The van der Waals surface area contributed by atoms with E-state index in [4.69, 9.17) is 0 Å². The van der Waals surface area contributed by atoms with E-state index in [1.807, 2.05) is 6.92 Å². The summed E-state index contributed by atoms with van der Waals surface area (Å²) in [5.41, 5.74) is 0.935. The maximum absolute atomic E-state index is 12.3. The summed E-state index contributed by atoms with van der Waals surface area (Å²) in [6, 6.07) is 5.56. The molecule has 0 spiro atoms. The Labute approximate surface area is 149 Å². The van der Waals surface area contributed by atoms with E-state index in [2.05, 4.69) is 5.32 Å². The van der Waals surface area contributed by atoms with Crippen LogP contribution in [0.2, 0.25) is 0 Å². The number of imide groups is 1. The summed E-state index contributed by atoms with van der Waals surface area (Å²) in [6.07, 6.45) is 1.91. The number of amides is 3. The molecule has 0 saturated carbocycles. The standard InChI is InChI=1S/C17H20N2O5S/c1-2-3-7-13(16(22)23)18-15(21)12-6-4-5-11(8-12)9-19-14(20)10-25-17(19)24/h4-6,8,13H,2-3,7,9-10H2,1H3,(H,18,21)(H,22,23). The molecule has 25 heavy (non-hydrogen) atoms. The number of carboxylic acid groups (broad SMARTS) is 1. The largest absolute Gasteiger partial charge is 0.480 e. The molecule has 1 atom stereocenters. The minimum atomic E-state index is -1.07. The van der Waals surface area contributed by atoms with Gasteiger partial charge in [-0.15, -0.1) is 0 Å². The third-order valence-corrected chi connectivity index (χ3v) is 4.68. The Morgan fingerprint density at radius 1 is 1.36 bits per heavy atom. The van der Waals surface area contributed by atoms with Crippen molar-refractivity contribution in [1.29, 1.82) is 0 Å². The van der Waals surface area contributed by atoms with Crippen molar-refractivity contribution in [2.75, 3.05) is 5.75 Å². The van der Waals surface area contributed by atoms with E-state index in [-0.39, 0.29) is 23.4 Å². The van der Waals surface area contributed by atoms with Gasteiger partial charge in [0.05, 0.1) is 12.3 Å². The monoisotopic (exact) mass is 364 g/mol. The van der Waals surface area contributed by atoms with Gasteiger partial charge in [-0.3, -0.25) is 19.3 Å². The highest BCUT2D eigenvalue weighted by atomic mass is 32.2. The number of unbranched alkanes of at least 4 members (excludes halogenated alkanes) is 1. The van der Waals surface area contributed by atoms with Crippen molar-refractivity contribution >= 4 is 34.8 Å². The lowest BCUT2D eigenvalue weighted by molar-refractivity contribution is -0.139. The van der Waals surface area contributed by atoms with Gasteiger partial charge < -0.3 is 10.4 Å². The van der Waals surface area contributed by atoms with E-state index in [1.54, 1.807) is 24.3 Å². The van der Waals surface area contributed by atoms with Crippen LogP contribution in [-0.2, 0) is 16.1 Å². The average Bonchev–Trinajstić information content (AvgIpc) is 2.90. The zero-order valence-electron chi connectivity index (χ0n) is 13.9. The smallest absolute Gasteiger partial charge is 0.326 e. The summed E-state index contributed by atoms with van der Waals surface area (Å²) in [7, 11) is 0. The van der Waals surface area contributed by atoms with Crippen LogP contribution in [0.5, 0.6) is 0 Å². The molecule has 1 saturated heterocycles. The van der Waals surface area contributed by atoms with Crippen molar-refractivity contribution in [1.82, 2.24) is 10.2 Å². The molecule has 3 amide bonds. The molecule has 134 valence electrons. The predicted octanol–water partition coefficient (Wildman–Crippen LogP) is 2.26. The van der Waals surface area contributed by atoms with Crippen molar-refractivity contribution in [3.05, 3.63) is 35.4 Å². The fourth-order valence-electron chi connectivity index (χ4n) is 2.43. The number of rotatable bonds is 8. The number of carboxylic acids is 1. The van der Waals surface area contributed by atoms with E-state index in [9.17, 15) is 24.3 Å². The fourth-order valence-corrected chi connectivity index (χ4v) is 3.16. The molecule has 1 aromatic rings. The topological polar surface area (TPSA) is 104 Å². The van der Waals surface area contributed by atoms with Gasteiger partial charge in [0.25, 0.3) is 11.1 Å². The number of nitrogens with zero attached hydrogens (tertiary/aromatic N) is 1. The Hall–Kier alpha value is -2.35. The first-order chi connectivity index (χ1) is 11.9. The van der Waals surface area contributed by atoms with Gasteiger partial charge in [0, 0.05) is 5.56 Å². The van der Waals surface area contributed by atoms with E-state index in [0.717, 1.165) is 23.1 Å². The Bertz CT molecular complexity index is 675. The first-order valence-corrected chi connectivity index (χ1v) is 9.00. The van der Waals surface area contributed by atoms with Crippen molar-refractivity contribution in [2.45, 2.75) is 38.8 Å². The van der Waals surface area contributed by atoms with Crippen LogP contribution in [0, 0.1) is 0 Å². The van der Waals surface area contributed by atoms with Crippen LogP contribution in [0.4, 0.5) is 4.79 Å². The molecular weight excluding hydrogens is 344 g/mol. The van der Waals surface area contributed by atoms with Gasteiger partial charge >= 0.3 is 5.97 Å². The molecule has 1 heterocycles. The van der Waals surface area contributed by atoms with Crippen LogP contribution in [0.3, 0.4) is 0 Å². The minimum absolute atomic E-state index is 0.101. The van der Waals surface area contributed by atoms with Gasteiger partial charge in [0.15, 0.2) is 0 Å². The molecule has 1 aliphatic rings. The Morgan fingerprint density at radius 2 is 2.12 bits per heavy atom. The SMILES string of the molecule is CCCCC(NC(=O)c1cccc(CN2C(=O)CSC2=O)c1)C(=O)O. The first kappa shape index (κ1) is 19.0. The highest BCUT2D eigenvalue weighted by Crippen LogP contribution is 2.21. The third kappa shape index (κ3) is 5.06. The van der Waals surface area contributed by atoms with Gasteiger partial charge in [0.1, 0.15) is 6.04 Å². The van der Waals surface area contributed by atoms with Gasteiger partial charge in [-0.1, -0.05) is 43.7 Å². The lowest BCUT2D eigenvalue weighted by atomic mass is 10.1.